The van der Waals surface area contributed by atoms with Crippen LogP contribution in [0.5, 0.6) is 0 Å². The number of carbonyl (C=O) groups excluding carboxylic acids is 2. The van der Waals surface area contributed by atoms with Crippen molar-refractivity contribution >= 4 is 17.5 Å². The van der Waals surface area contributed by atoms with E-state index in [4.69, 9.17) is 5.73 Å². The van der Waals surface area contributed by atoms with E-state index in [0.717, 1.165) is 25.7 Å². The smallest absolute Gasteiger partial charge is 0.251 e. The first-order valence-electron chi connectivity index (χ1n) is 7.56. The Labute approximate surface area is 125 Å². The first-order chi connectivity index (χ1) is 10.1. The van der Waals surface area contributed by atoms with E-state index in [0.29, 0.717) is 17.8 Å². The zero-order chi connectivity index (χ0) is 15.2. The molecule has 1 aliphatic rings. The predicted molar refractivity (Wildman–Crippen MR) is 83.0 cm³/mol. The maximum atomic E-state index is 12.2. The Morgan fingerprint density at radius 1 is 1.33 bits per heavy atom. The van der Waals surface area contributed by atoms with E-state index in [1.54, 1.807) is 24.3 Å². The molecule has 0 heterocycles. The standard InChI is InChI=1S/C16H23N3O2/c1-2-9-18-15(20)11-5-3-6-12(10-11)19-16(21)13-7-4-8-14(13)17/h3,5-6,10,13-14H,2,4,7-9,17H2,1H3,(H,18,20)(H,19,21). The van der Waals surface area contributed by atoms with E-state index in [1.165, 1.54) is 0 Å². The molecule has 0 spiro atoms. The lowest BCUT2D eigenvalue weighted by Crippen LogP contribution is -2.34. The molecule has 1 saturated carbocycles. The summed E-state index contributed by atoms with van der Waals surface area (Å²) in [6.45, 7) is 2.65. The molecule has 1 fully saturated rings. The van der Waals surface area contributed by atoms with Crippen molar-refractivity contribution in [2.75, 3.05) is 11.9 Å². The topological polar surface area (TPSA) is 84.2 Å². The summed E-state index contributed by atoms with van der Waals surface area (Å²) < 4.78 is 0. The Kier molecular flexibility index (Phi) is 5.33. The molecule has 2 rings (SSSR count). The van der Waals surface area contributed by atoms with Crippen molar-refractivity contribution in [2.24, 2.45) is 11.7 Å². The van der Waals surface area contributed by atoms with Gasteiger partial charge in [-0.05, 0) is 37.5 Å². The van der Waals surface area contributed by atoms with Gasteiger partial charge in [0.25, 0.3) is 5.91 Å². The second-order valence-corrected chi connectivity index (χ2v) is 5.53. The van der Waals surface area contributed by atoms with Crippen LogP contribution in [0.4, 0.5) is 5.69 Å². The average molecular weight is 289 g/mol. The molecule has 0 aromatic heterocycles. The highest BCUT2D eigenvalue weighted by Crippen LogP contribution is 2.25. The highest BCUT2D eigenvalue weighted by atomic mass is 16.2. The fourth-order valence-corrected chi connectivity index (χ4v) is 2.63. The van der Waals surface area contributed by atoms with Crippen LogP contribution in [0, 0.1) is 5.92 Å². The second kappa shape index (κ2) is 7.22. The minimum atomic E-state index is -0.123. The highest BCUT2D eigenvalue weighted by Gasteiger charge is 2.30. The zero-order valence-electron chi connectivity index (χ0n) is 12.4. The Hall–Kier alpha value is -1.88. The van der Waals surface area contributed by atoms with Gasteiger partial charge in [-0.2, -0.15) is 0 Å². The molecule has 0 bridgehead atoms. The third-order valence-corrected chi connectivity index (χ3v) is 3.83. The van der Waals surface area contributed by atoms with Crippen LogP contribution in [0.2, 0.25) is 0 Å². The molecule has 1 aromatic carbocycles. The van der Waals surface area contributed by atoms with E-state index >= 15 is 0 Å². The van der Waals surface area contributed by atoms with Gasteiger partial charge in [-0.25, -0.2) is 0 Å². The molecule has 5 nitrogen and oxygen atoms in total. The molecule has 2 amide bonds. The summed E-state index contributed by atoms with van der Waals surface area (Å²) >= 11 is 0. The Bertz CT molecular complexity index is 516. The SMILES string of the molecule is CCCNC(=O)c1cccc(NC(=O)C2CCCC2N)c1. The van der Waals surface area contributed by atoms with Crippen molar-refractivity contribution in [2.45, 2.75) is 38.6 Å². The highest BCUT2D eigenvalue weighted by molar-refractivity contribution is 5.97. The number of benzene rings is 1. The van der Waals surface area contributed by atoms with Gasteiger partial charge in [0.05, 0.1) is 5.92 Å². The fraction of sp³-hybridized carbons (Fsp3) is 0.500. The lowest BCUT2D eigenvalue weighted by atomic mass is 10.0. The van der Waals surface area contributed by atoms with E-state index < -0.39 is 0 Å². The monoisotopic (exact) mass is 289 g/mol. The summed E-state index contributed by atoms with van der Waals surface area (Å²) in [5.41, 5.74) is 7.14. The summed E-state index contributed by atoms with van der Waals surface area (Å²) in [6, 6.07) is 6.94. The predicted octanol–water partition coefficient (Wildman–Crippen LogP) is 1.89. The fourth-order valence-electron chi connectivity index (χ4n) is 2.63. The quantitative estimate of drug-likeness (QED) is 0.774. The van der Waals surface area contributed by atoms with Gasteiger partial charge in [0.2, 0.25) is 5.91 Å². The first-order valence-corrected chi connectivity index (χ1v) is 7.56. The van der Waals surface area contributed by atoms with E-state index in [-0.39, 0.29) is 23.8 Å². The molecule has 1 aromatic rings. The van der Waals surface area contributed by atoms with Gasteiger partial charge in [-0.15, -0.1) is 0 Å². The van der Waals surface area contributed by atoms with E-state index in [1.807, 2.05) is 6.92 Å². The number of carbonyl (C=O) groups is 2. The average Bonchev–Trinajstić information content (AvgIpc) is 2.91. The largest absolute Gasteiger partial charge is 0.352 e. The molecule has 21 heavy (non-hydrogen) atoms. The van der Waals surface area contributed by atoms with Crippen LogP contribution < -0.4 is 16.4 Å². The normalized spacial score (nSPS) is 21.0. The van der Waals surface area contributed by atoms with Crippen LogP contribution in [-0.2, 0) is 4.79 Å². The summed E-state index contributed by atoms with van der Waals surface area (Å²) in [5, 5.41) is 5.69. The Morgan fingerprint density at radius 2 is 2.14 bits per heavy atom. The van der Waals surface area contributed by atoms with E-state index in [9.17, 15) is 9.59 Å². The summed E-state index contributed by atoms with van der Waals surface area (Å²) in [5.74, 6) is -0.292. The summed E-state index contributed by atoms with van der Waals surface area (Å²) in [4.78, 5) is 24.1. The second-order valence-electron chi connectivity index (χ2n) is 5.53. The lowest BCUT2D eigenvalue weighted by molar-refractivity contribution is -0.120. The minimum absolute atomic E-state index is 0.0499. The summed E-state index contributed by atoms with van der Waals surface area (Å²) in [7, 11) is 0. The van der Waals surface area contributed by atoms with Crippen molar-refractivity contribution in [3.05, 3.63) is 29.8 Å². The number of amides is 2. The molecular formula is C16H23N3O2. The molecular weight excluding hydrogens is 266 g/mol. The molecule has 4 N–H and O–H groups in total. The third kappa shape index (κ3) is 4.04. The number of nitrogens with one attached hydrogen (secondary N) is 2. The molecule has 0 radical (unpaired) electrons. The van der Waals surface area contributed by atoms with Crippen molar-refractivity contribution in [1.82, 2.24) is 5.32 Å². The van der Waals surface area contributed by atoms with Crippen LogP contribution in [-0.4, -0.2) is 24.4 Å². The van der Waals surface area contributed by atoms with E-state index in [2.05, 4.69) is 10.6 Å². The zero-order valence-corrected chi connectivity index (χ0v) is 12.4. The van der Waals surface area contributed by atoms with Gasteiger partial charge >= 0.3 is 0 Å². The van der Waals surface area contributed by atoms with Gasteiger partial charge in [0, 0.05) is 23.8 Å². The van der Waals surface area contributed by atoms with Gasteiger partial charge in [-0.3, -0.25) is 9.59 Å². The molecule has 0 saturated heterocycles. The number of anilines is 1. The van der Waals surface area contributed by atoms with Crippen LogP contribution in [0.15, 0.2) is 24.3 Å². The lowest BCUT2D eigenvalue weighted by Gasteiger charge is -2.15. The molecule has 2 unspecified atom stereocenters. The Balaban J connectivity index is 2.00. The van der Waals surface area contributed by atoms with Crippen LogP contribution in [0.1, 0.15) is 43.0 Å². The number of hydrogen-bond acceptors (Lipinski definition) is 3. The van der Waals surface area contributed by atoms with Crippen LogP contribution in [0.25, 0.3) is 0 Å². The van der Waals surface area contributed by atoms with Crippen LogP contribution in [0.3, 0.4) is 0 Å². The summed E-state index contributed by atoms with van der Waals surface area (Å²) in [6.07, 6.45) is 3.63. The van der Waals surface area contributed by atoms with Gasteiger partial charge in [-0.1, -0.05) is 19.4 Å². The maximum absolute atomic E-state index is 12.2. The van der Waals surface area contributed by atoms with Crippen molar-refractivity contribution < 1.29 is 9.59 Å². The Morgan fingerprint density at radius 3 is 2.81 bits per heavy atom. The van der Waals surface area contributed by atoms with Gasteiger partial charge < -0.3 is 16.4 Å². The van der Waals surface area contributed by atoms with Crippen molar-refractivity contribution in [3.63, 3.8) is 0 Å². The minimum Gasteiger partial charge on any atom is -0.352 e. The number of nitrogens with two attached hydrogens (primary N) is 1. The molecule has 5 heteroatoms. The number of rotatable bonds is 5. The molecule has 0 aliphatic heterocycles. The molecule has 2 atom stereocenters. The third-order valence-electron chi connectivity index (χ3n) is 3.83. The first kappa shape index (κ1) is 15.5. The van der Waals surface area contributed by atoms with Crippen molar-refractivity contribution in [3.8, 4) is 0 Å². The van der Waals surface area contributed by atoms with Gasteiger partial charge in [0.15, 0.2) is 0 Å². The van der Waals surface area contributed by atoms with Gasteiger partial charge in [0.1, 0.15) is 0 Å². The maximum Gasteiger partial charge on any atom is 0.251 e. The molecule has 114 valence electrons. The number of hydrogen-bond donors (Lipinski definition) is 3. The van der Waals surface area contributed by atoms with Crippen LogP contribution >= 0.6 is 0 Å². The molecule has 1 aliphatic carbocycles. The van der Waals surface area contributed by atoms with Crippen molar-refractivity contribution in [1.29, 1.82) is 0 Å².